The summed E-state index contributed by atoms with van der Waals surface area (Å²) in [6.07, 6.45) is 3.70. The number of hydrogen-bond acceptors (Lipinski definition) is 7. The molecular formula is C21H30O6S. The molecule has 1 spiro atoms. The number of methoxy groups -OCH3 is 1. The summed E-state index contributed by atoms with van der Waals surface area (Å²) in [6, 6.07) is 9.45. The topological polar surface area (TPSA) is 77.4 Å². The molecule has 6 atom stereocenters. The van der Waals surface area contributed by atoms with Gasteiger partial charge in [-0.05, 0) is 24.7 Å². The number of aliphatic hydroxyl groups excluding tert-OH is 1. The minimum Gasteiger partial charge on any atom is -0.387 e. The first-order chi connectivity index (χ1) is 13.5. The molecule has 3 fully saturated rings. The summed E-state index contributed by atoms with van der Waals surface area (Å²) in [7, 11) is 1.54. The van der Waals surface area contributed by atoms with E-state index in [2.05, 4.69) is 0 Å². The first-order valence-electron chi connectivity index (χ1n) is 10.0. The van der Waals surface area contributed by atoms with Gasteiger partial charge in [-0.25, -0.2) is 0 Å². The fraction of sp³-hybridized carbons (Fsp3) is 0.714. The second kappa shape index (κ2) is 8.22. The molecule has 28 heavy (non-hydrogen) atoms. The predicted molar refractivity (Wildman–Crippen MR) is 106 cm³/mol. The standard InChI is InChI=1S/C21H30O6S/c1-24-18(14-9-5-3-6-10-14)21(23)17(22)16-15(26-19(21)28-2)13-25-20(27-16)11-7-4-8-12-20/h3,5-6,9-10,15-19,22-23H,4,7-8,11-13H2,1-2H3/t15?,16-,17-,18?,19-,21?/m0/s1. The van der Waals surface area contributed by atoms with Gasteiger partial charge in [0.2, 0.25) is 0 Å². The van der Waals surface area contributed by atoms with E-state index in [0.717, 1.165) is 31.2 Å². The fourth-order valence-corrected chi connectivity index (χ4v) is 5.73. The lowest BCUT2D eigenvalue weighted by atomic mass is 9.79. The zero-order chi connectivity index (χ0) is 19.8. The van der Waals surface area contributed by atoms with Crippen molar-refractivity contribution >= 4 is 11.8 Å². The number of aliphatic hydroxyl groups is 2. The molecule has 7 heteroatoms. The number of rotatable bonds is 4. The first kappa shape index (κ1) is 20.6. The third-order valence-corrected chi connectivity index (χ3v) is 7.19. The second-order valence-electron chi connectivity index (χ2n) is 7.97. The molecule has 2 N–H and O–H groups in total. The first-order valence-corrected chi connectivity index (χ1v) is 11.3. The van der Waals surface area contributed by atoms with Crippen molar-refractivity contribution in [2.45, 2.75) is 73.3 Å². The maximum absolute atomic E-state index is 11.8. The normalized spacial score (nSPS) is 38.7. The Kier molecular flexibility index (Phi) is 6.05. The molecule has 2 saturated heterocycles. The van der Waals surface area contributed by atoms with Crippen molar-refractivity contribution in [1.82, 2.24) is 0 Å². The van der Waals surface area contributed by atoms with E-state index in [9.17, 15) is 10.2 Å². The van der Waals surface area contributed by atoms with Gasteiger partial charge in [0.25, 0.3) is 0 Å². The van der Waals surface area contributed by atoms with Crippen molar-refractivity contribution < 1.29 is 29.2 Å². The van der Waals surface area contributed by atoms with Crippen molar-refractivity contribution in [1.29, 1.82) is 0 Å². The minimum absolute atomic E-state index is 0.359. The number of thioether (sulfide) groups is 1. The lowest BCUT2D eigenvalue weighted by Crippen LogP contribution is -2.71. The van der Waals surface area contributed by atoms with Crippen LogP contribution >= 0.6 is 11.8 Å². The van der Waals surface area contributed by atoms with Crippen molar-refractivity contribution in [3.63, 3.8) is 0 Å². The molecule has 156 valence electrons. The van der Waals surface area contributed by atoms with Crippen LogP contribution in [0.2, 0.25) is 0 Å². The Morgan fingerprint density at radius 2 is 1.89 bits per heavy atom. The lowest BCUT2D eigenvalue weighted by molar-refractivity contribution is -0.388. The molecule has 0 radical (unpaired) electrons. The molecular weight excluding hydrogens is 380 g/mol. The Hall–Kier alpha value is -0.670. The average Bonchev–Trinajstić information content (AvgIpc) is 2.73. The molecule has 2 heterocycles. The summed E-state index contributed by atoms with van der Waals surface area (Å²) in [5.74, 6) is -0.674. The van der Waals surface area contributed by atoms with Gasteiger partial charge < -0.3 is 29.2 Å². The highest BCUT2D eigenvalue weighted by Gasteiger charge is 2.62. The molecule has 3 aliphatic rings. The number of ether oxygens (including phenoxy) is 4. The van der Waals surface area contributed by atoms with Crippen LogP contribution in [0.5, 0.6) is 0 Å². The molecule has 3 unspecified atom stereocenters. The minimum atomic E-state index is -1.66. The Bertz CT molecular complexity index is 652. The van der Waals surface area contributed by atoms with Crippen LogP contribution in [0.3, 0.4) is 0 Å². The van der Waals surface area contributed by atoms with Crippen LogP contribution in [0.25, 0.3) is 0 Å². The van der Waals surface area contributed by atoms with E-state index in [1.165, 1.54) is 18.2 Å². The van der Waals surface area contributed by atoms with Gasteiger partial charge in [-0.3, -0.25) is 0 Å². The van der Waals surface area contributed by atoms with E-state index in [1.54, 1.807) is 7.11 Å². The molecule has 1 saturated carbocycles. The van der Waals surface area contributed by atoms with Crippen molar-refractivity contribution in [3.8, 4) is 0 Å². The molecule has 2 aliphatic heterocycles. The molecule has 0 bridgehead atoms. The van der Waals surface area contributed by atoms with Gasteiger partial charge in [-0.1, -0.05) is 36.8 Å². The van der Waals surface area contributed by atoms with Crippen molar-refractivity contribution in [2.75, 3.05) is 20.0 Å². The Morgan fingerprint density at radius 3 is 2.54 bits per heavy atom. The third-order valence-electron chi connectivity index (χ3n) is 6.28. The fourth-order valence-electron chi connectivity index (χ4n) is 4.84. The highest BCUT2D eigenvalue weighted by Crippen LogP contribution is 2.48. The van der Waals surface area contributed by atoms with Gasteiger partial charge >= 0.3 is 0 Å². The van der Waals surface area contributed by atoms with Crippen LogP contribution in [0, 0.1) is 0 Å². The summed E-state index contributed by atoms with van der Waals surface area (Å²) in [5.41, 5.74) is -1.56. The second-order valence-corrected chi connectivity index (χ2v) is 8.87. The molecule has 1 aliphatic carbocycles. The highest BCUT2D eigenvalue weighted by atomic mass is 32.2. The van der Waals surface area contributed by atoms with Crippen LogP contribution in [0.4, 0.5) is 0 Å². The molecule has 1 aromatic carbocycles. The van der Waals surface area contributed by atoms with Gasteiger partial charge in [-0.2, -0.15) is 0 Å². The van der Waals surface area contributed by atoms with E-state index in [1.807, 2.05) is 36.6 Å². The third kappa shape index (κ3) is 3.41. The maximum atomic E-state index is 11.8. The molecule has 6 nitrogen and oxygen atoms in total. The molecule has 4 rings (SSSR count). The van der Waals surface area contributed by atoms with Gasteiger partial charge in [0, 0.05) is 20.0 Å². The zero-order valence-corrected chi connectivity index (χ0v) is 17.3. The summed E-state index contributed by atoms with van der Waals surface area (Å²) in [4.78, 5) is 0. The number of fused-ring (bicyclic) bond motifs is 1. The SMILES string of the molecule is COC(c1ccccc1)C1(O)[C@H](SC)OC2COC3(CCCCC3)O[C@@H]2[C@@H]1O. The van der Waals surface area contributed by atoms with Gasteiger partial charge in [0.05, 0.1) is 6.61 Å². The van der Waals surface area contributed by atoms with Crippen LogP contribution < -0.4 is 0 Å². The van der Waals surface area contributed by atoms with E-state index in [4.69, 9.17) is 18.9 Å². The summed E-state index contributed by atoms with van der Waals surface area (Å²) < 4.78 is 24.3. The quantitative estimate of drug-likeness (QED) is 0.790. The van der Waals surface area contributed by atoms with Gasteiger partial charge in [-0.15, -0.1) is 11.8 Å². The van der Waals surface area contributed by atoms with Crippen molar-refractivity contribution in [2.24, 2.45) is 0 Å². The Morgan fingerprint density at radius 1 is 1.18 bits per heavy atom. The van der Waals surface area contributed by atoms with Gasteiger partial charge in [0.15, 0.2) is 11.4 Å². The van der Waals surface area contributed by atoms with Crippen LogP contribution in [0.1, 0.15) is 43.8 Å². The molecule has 1 aromatic rings. The smallest absolute Gasteiger partial charge is 0.169 e. The van der Waals surface area contributed by atoms with E-state index in [-0.39, 0.29) is 0 Å². The zero-order valence-electron chi connectivity index (χ0n) is 16.5. The van der Waals surface area contributed by atoms with E-state index < -0.39 is 41.2 Å². The highest BCUT2D eigenvalue weighted by molar-refractivity contribution is 7.99. The van der Waals surface area contributed by atoms with Crippen LogP contribution in [0.15, 0.2) is 30.3 Å². The van der Waals surface area contributed by atoms with Gasteiger partial charge in [0.1, 0.15) is 29.9 Å². The Labute approximate surface area is 170 Å². The summed E-state index contributed by atoms with van der Waals surface area (Å²) in [6.45, 7) is 0.359. The molecule has 0 aromatic heterocycles. The monoisotopic (exact) mass is 410 g/mol. The van der Waals surface area contributed by atoms with E-state index >= 15 is 0 Å². The largest absolute Gasteiger partial charge is 0.387 e. The maximum Gasteiger partial charge on any atom is 0.169 e. The lowest BCUT2D eigenvalue weighted by Gasteiger charge is -2.56. The molecule has 0 amide bonds. The van der Waals surface area contributed by atoms with Crippen LogP contribution in [-0.2, 0) is 18.9 Å². The summed E-state index contributed by atoms with van der Waals surface area (Å²) in [5, 5.41) is 23.2. The van der Waals surface area contributed by atoms with Crippen LogP contribution in [-0.4, -0.2) is 65.3 Å². The summed E-state index contributed by atoms with van der Waals surface area (Å²) >= 11 is 1.35. The number of benzene rings is 1. The Balaban J connectivity index is 1.66. The number of hydrogen-bond donors (Lipinski definition) is 2. The van der Waals surface area contributed by atoms with Crippen molar-refractivity contribution in [3.05, 3.63) is 35.9 Å². The van der Waals surface area contributed by atoms with E-state index in [0.29, 0.717) is 6.61 Å². The predicted octanol–water partition coefficient (Wildman–Crippen LogP) is 2.63. The average molecular weight is 411 g/mol.